The molecule has 1 aromatic carbocycles. The van der Waals surface area contributed by atoms with Crippen LogP contribution in [0.25, 0.3) is 0 Å². The highest BCUT2D eigenvalue weighted by atomic mass is 35.5. The van der Waals surface area contributed by atoms with E-state index in [9.17, 15) is 13.2 Å². The molecule has 1 amide bonds. The van der Waals surface area contributed by atoms with E-state index in [1.54, 1.807) is 11.0 Å². The quantitative estimate of drug-likeness (QED) is 0.833. The smallest absolute Gasteiger partial charge is 0.256 e. The standard InChI is InChI=1S/C14H20ClN3O3S.ClH/c1-14(8-16)5-6-18(9-14)13(19)11-7-10(15)3-4-12(11)17-22(2,20)21;/h3-4,7,17H,5-6,8-9,16H2,1-2H3;1H. The molecule has 1 aliphatic heterocycles. The summed E-state index contributed by atoms with van der Waals surface area (Å²) in [7, 11) is -3.48. The molecule has 1 unspecified atom stereocenters. The molecule has 1 aromatic rings. The van der Waals surface area contributed by atoms with Crippen LogP contribution in [0.5, 0.6) is 0 Å². The Kier molecular flexibility index (Phi) is 6.32. The number of halogens is 2. The zero-order valence-electron chi connectivity index (χ0n) is 13.0. The zero-order valence-corrected chi connectivity index (χ0v) is 15.4. The minimum atomic E-state index is -3.48. The summed E-state index contributed by atoms with van der Waals surface area (Å²) in [5.74, 6) is -0.245. The molecular formula is C14H21Cl2N3O3S. The van der Waals surface area contributed by atoms with E-state index in [0.29, 0.717) is 24.7 Å². The van der Waals surface area contributed by atoms with Gasteiger partial charge in [-0.25, -0.2) is 8.42 Å². The van der Waals surface area contributed by atoms with Crippen molar-refractivity contribution in [3.63, 3.8) is 0 Å². The van der Waals surface area contributed by atoms with E-state index in [1.807, 2.05) is 6.92 Å². The van der Waals surface area contributed by atoms with Gasteiger partial charge in [0.05, 0.1) is 17.5 Å². The van der Waals surface area contributed by atoms with E-state index in [2.05, 4.69) is 4.72 Å². The minimum Gasteiger partial charge on any atom is -0.338 e. The Bertz CT molecular complexity index is 697. The molecule has 0 saturated carbocycles. The summed E-state index contributed by atoms with van der Waals surface area (Å²) in [6, 6.07) is 4.52. The molecule has 6 nitrogen and oxygen atoms in total. The van der Waals surface area contributed by atoms with Crippen molar-refractivity contribution in [3.8, 4) is 0 Å². The molecule has 130 valence electrons. The molecule has 23 heavy (non-hydrogen) atoms. The molecule has 0 aliphatic carbocycles. The van der Waals surface area contributed by atoms with Gasteiger partial charge < -0.3 is 10.6 Å². The van der Waals surface area contributed by atoms with Crippen LogP contribution in [0.15, 0.2) is 18.2 Å². The average molecular weight is 382 g/mol. The molecule has 0 radical (unpaired) electrons. The minimum absolute atomic E-state index is 0. The van der Waals surface area contributed by atoms with E-state index in [1.165, 1.54) is 12.1 Å². The number of carbonyl (C=O) groups is 1. The number of nitrogens with one attached hydrogen (secondary N) is 1. The first-order valence-corrected chi connectivity index (χ1v) is 9.17. The van der Waals surface area contributed by atoms with Crippen molar-refractivity contribution < 1.29 is 13.2 Å². The van der Waals surface area contributed by atoms with Crippen LogP contribution in [-0.4, -0.2) is 45.1 Å². The van der Waals surface area contributed by atoms with Crippen LogP contribution in [-0.2, 0) is 10.0 Å². The Morgan fingerprint density at radius 3 is 2.65 bits per heavy atom. The second-order valence-corrected chi connectivity index (χ2v) is 8.24. The largest absolute Gasteiger partial charge is 0.338 e. The third kappa shape index (κ3) is 4.97. The molecule has 1 atom stereocenters. The van der Waals surface area contributed by atoms with Crippen molar-refractivity contribution >= 4 is 45.6 Å². The maximum absolute atomic E-state index is 12.7. The van der Waals surface area contributed by atoms with Gasteiger partial charge in [-0.2, -0.15) is 0 Å². The number of nitrogens with two attached hydrogens (primary N) is 1. The molecule has 1 heterocycles. The number of anilines is 1. The number of carbonyl (C=O) groups excluding carboxylic acids is 1. The summed E-state index contributed by atoms with van der Waals surface area (Å²) in [4.78, 5) is 14.4. The first-order valence-electron chi connectivity index (χ1n) is 6.90. The molecule has 9 heteroatoms. The van der Waals surface area contributed by atoms with Crippen LogP contribution in [0.3, 0.4) is 0 Å². The van der Waals surface area contributed by atoms with Gasteiger partial charge >= 0.3 is 0 Å². The number of hydrogen-bond donors (Lipinski definition) is 2. The molecule has 0 bridgehead atoms. The highest BCUT2D eigenvalue weighted by molar-refractivity contribution is 7.92. The van der Waals surface area contributed by atoms with Gasteiger partial charge in [-0.15, -0.1) is 12.4 Å². The van der Waals surface area contributed by atoms with Crippen molar-refractivity contribution in [1.82, 2.24) is 4.90 Å². The van der Waals surface area contributed by atoms with Crippen LogP contribution in [0.4, 0.5) is 5.69 Å². The van der Waals surface area contributed by atoms with Crippen molar-refractivity contribution in [2.24, 2.45) is 11.1 Å². The number of benzene rings is 1. The molecule has 0 aromatic heterocycles. The van der Waals surface area contributed by atoms with Crippen LogP contribution >= 0.6 is 24.0 Å². The van der Waals surface area contributed by atoms with Crippen LogP contribution in [0, 0.1) is 5.41 Å². The average Bonchev–Trinajstić information content (AvgIpc) is 2.82. The first kappa shape index (κ1) is 20.0. The second kappa shape index (κ2) is 7.25. The second-order valence-electron chi connectivity index (χ2n) is 6.06. The van der Waals surface area contributed by atoms with Crippen LogP contribution in [0.2, 0.25) is 5.02 Å². The van der Waals surface area contributed by atoms with E-state index in [4.69, 9.17) is 17.3 Å². The Labute approximate surface area is 147 Å². The number of rotatable bonds is 4. The fraction of sp³-hybridized carbons (Fsp3) is 0.500. The van der Waals surface area contributed by atoms with Gasteiger partial charge in [-0.05, 0) is 36.6 Å². The lowest BCUT2D eigenvalue weighted by atomic mass is 9.90. The van der Waals surface area contributed by atoms with E-state index < -0.39 is 10.0 Å². The fourth-order valence-electron chi connectivity index (χ4n) is 2.52. The van der Waals surface area contributed by atoms with E-state index >= 15 is 0 Å². The summed E-state index contributed by atoms with van der Waals surface area (Å²) < 4.78 is 25.2. The maximum atomic E-state index is 12.7. The molecule has 2 rings (SSSR count). The summed E-state index contributed by atoms with van der Waals surface area (Å²) >= 11 is 5.95. The molecular weight excluding hydrogens is 361 g/mol. The van der Waals surface area contributed by atoms with Gasteiger partial charge in [-0.3, -0.25) is 9.52 Å². The van der Waals surface area contributed by atoms with Gasteiger partial charge in [0.25, 0.3) is 5.91 Å². The molecule has 0 spiro atoms. The Balaban J connectivity index is 0.00000264. The summed E-state index contributed by atoms with van der Waals surface area (Å²) in [5.41, 5.74) is 6.14. The highest BCUT2D eigenvalue weighted by Crippen LogP contribution is 2.31. The normalized spacial score (nSPS) is 21.0. The number of hydrogen-bond acceptors (Lipinski definition) is 4. The van der Waals surface area contributed by atoms with Crippen molar-refractivity contribution in [2.45, 2.75) is 13.3 Å². The lowest BCUT2D eigenvalue weighted by Gasteiger charge is -2.23. The zero-order chi connectivity index (χ0) is 16.5. The van der Waals surface area contributed by atoms with Gasteiger partial charge in [0, 0.05) is 18.1 Å². The molecule has 1 fully saturated rings. The van der Waals surface area contributed by atoms with Crippen molar-refractivity contribution in [3.05, 3.63) is 28.8 Å². The van der Waals surface area contributed by atoms with Gasteiger partial charge in [0.1, 0.15) is 0 Å². The summed E-state index contributed by atoms with van der Waals surface area (Å²) in [6.45, 7) is 3.68. The maximum Gasteiger partial charge on any atom is 0.256 e. The predicted molar refractivity (Wildman–Crippen MR) is 94.8 cm³/mol. The van der Waals surface area contributed by atoms with E-state index in [-0.39, 0.29) is 35.0 Å². The Morgan fingerprint density at radius 1 is 1.48 bits per heavy atom. The Hall–Kier alpha value is -1.02. The number of likely N-dealkylation sites (tertiary alicyclic amines) is 1. The number of amides is 1. The summed E-state index contributed by atoms with van der Waals surface area (Å²) in [5, 5.41) is 0.378. The lowest BCUT2D eigenvalue weighted by Crippen LogP contribution is -2.34. The van der Waals surface area contributed by atoms with Crippen LogP contribution in [0.1, 0.15) is 23.7 Å². The number of nitrogens with zero attached hydrogens (tertiary/aromatic N) is 1. The van der Waals surface area contributed by atoms with Crippen LogP contribution < -0.4 is 10.5 Å². The van der Waals surface area contributed by atoms with Gasteiger partial charge in [0.15, 0.2) is 0 Å². The Morgan fingerprint density at radius 2 is 2.13 bits per heavy atom. The lowest BCUT2D eigenvalue weighted by molar-refractivity contribution is 0.0778. The SMILES string of the molecule is CC1(CN)CCN(C(=O)c2cc(Cl)ccc2NS(C)(=O)=O)C1.Cl. The topological polar surface area (TPSA) is 92.5 Å². The summed E-state index contributed by atoms with van der Waals surface area (Å²) in [6.07, 6.45) is 1.86. The first-order chi connectivity index (χ1) is 10.1. The molecule has 1 saturated heterocycles. The predicted octanol–water partition coefficient (Wildman–Crippen LogP) is 1.94. The van der Waals surface area contributed by atoms with Crippen molar-refractivity contribution in [1.29, 1.82) is 0 Å². The molecule has 3 N–H and O–H groups in total. The fourth-order valence-corrected chi connectivity index (χ4v) is 3.27. The number of sulfonamides is 1. The highest BCUT2D eigenvalue weighted by Gasteiger charge is 2.35. The van der Waals surface area contributed by atoms with Crippen molar-refractivity contribution in [2.75, 3.05) is 30.6 Å². The monoisotopic (exact) mass is 381 g/mol. The van der Waals surface area contributed by atoms with E-state index in [0.717, 1.165) is 12.7 Å². The third-order valence-electron chi connectivity index (χ3n) is 3.85. The third-order valence-corrected chi connectivity index (χ3v) is 4.67. The van der Waals surface area contributed by atoms with Gasteiger partial charge in [0.2, 0.25) is 10.0 Å². The molecule has 1 aliphatic rings. The van der Waals surface area contributed by atoms with Gasteiger partial charge in [-0.1, -0.05) is 18.5 Å².